The molecular weight excluding hydrogens is 1220 g/mol. The minimum Gasteiger partial charge on any atom is -0.394 e. The van der Waals surface area contributed by atoms with Crippen molar-refractivity contribution < 1.29 is 116 Å². The Morgan fingerprint density at radius 3 is 0.684 bits per heavy atom. The Morgan fingerprint density at radius 2 is 0.456 bits per heavy atom. The zero-order valence-corrected chi connectivity index (χ0v) is 57.7. The first-order chi connectivity index (χ1) is 37.0. The third-order valence-electron chi connectivity index (χ3n) is 22.1. The maximum absolute atomic E-state index is 10.5. The summed E-state index contributed by atoms with van der Waals surface area (Å²) >= 11 is 0. The molecule has 1 radical (unpaired) electrons. The predicted octanol–water partition coefficient (Wildman–Crippen LogP) is 11.4. The number of hydrogen-bond donors (Lipinski definition) is 2. The first kappa shape index (κ1) is 68.9. The molecule has 0 aliphatic carbocycles. The summed E-state index contributed by atoms with van der Waals surface area (Å²) in [5.41, 5.74) is 0. The summed E-state index contributed by atoms with van der Waals surface area (Å²) in [6, 6.07) is 0. The van der Waals surface area contributed by atoms with E-state index in [9.17, 15) is 10.2 Å². The van der Waals surface area contributed by atoms with Crippen LogP contribution in [0.5, 0.6) is 0 Å². The van der Waals surface area contributed by atoms with Crippen molar-refractivity contribution in [3.05, 3.63) is 0 Å². The maximum Gasteiger partial charge on any atom is 0.161 e. The minimum absolute atomic E-state index is 0. The molecule has 7 heterocycles. The summed E-state index contributed by atoms with van der Waals surface area (Å²) in [7, 11) is 0. The summed E-state index contributed by atoms with van der Waals surface area (Å²) in [6.07, 6.45) is -1.22. The van der Waals surface area contributed by atoms with Crippen molar-refractivity contribution in [3.8, 4) is 0 Å². The quantitative estimate of drug-likeness (QED) is 0.126. The van der Waals surface area contributed by atoms with Gasteiger partial charge in [-0.2, -0.15) is 0 Å². The van der Waals surface area contributed by atoms with Crippen molar-refractivity contribution in [3.63, 3.8) is 0 Å². The average Bonchev–Trinajstić information content (AvgIpc) is 3.45. The fourth-order valence-corrected chi connectivity index (χ4v) is 14.5. The molecule has 16 heteroatoms. The van der Waals surface area contributed by atoms with Gasteiger partial charge in [-0.25, -0.2) is 0 Å². The second-order valence-electron chi connectivity index (χ2n) is 26.4. The van der Waals surface area contributed by atoms with Crippen LogP contribution in [0.15, 0.2) is 0 Å². The predicted molar refractivity (Wildman–Crippen MR) is 298 cm³/mol. The van der Waals surface area contributed by atoms with Gasteiger partial charge < -0.3 is 71.8 Å². The van der Waals surface area contributed by atoms with Gasteiger partial charge in [0, 0.05) is 85.5 Å². The monoisotopic (exact) mass is 1340 g/mol. The Labute approximate surface area is 514 Å². The fraction of sp³-hybridized carbons (Fsp3) is 1.00. The number of rotatable bonds is 19. The van der Waals surface area contributed by atoms with E-state index in [1.807, 2.05) is 13.8 Å². The van der Waals surface area contributed by atoms with Crippen molar-refractivity contribution in [1.82, 2.24) is 0 Å². The second-order valence-corrected chi connectivity index (χ2v) is 26.4. The topological polar surface area (TPSA) is 160 Å². The molecule has 0 amide bonds. The molecule has 7 rings (SSSR count). The molecule has 0 aromatic rings. The van der Waals surface area contributed by atoms with Gasteiger partial charge in [0.1, 0.15) is 6.10 Å². The van der Waals surface area contributed by atoms with Crippen LogP contribution in [0.25, 0.3) is 0 Å². The van der Waals surface area contributed by atoms with Crippen LogP contribution in [-0.2, 0) is 61.6 Å². The summed E-state index contributed by atoms with van der Waals surface area (Å²) in [6.45, 7) is 46.1. The van der Waals surface area contributed by atoms with Crippen LogP contribution in [0.2, 0.25) is 0 Å². The zero-order valence-electron chi connectivity index (χ0n) is 52.9. The van der Waals surface area contributed by atoms with E-state index in [2.05, 4.69) is 132 Å². The van der Waals surface area contributed by atoms with Gasteiger partial charge in [-0.05, 0) is 85.9 Å². The molecule has 7 aliphatic rings. The minimum atomic E-state index is -0.947. The van der Waals surface area contributed by atoms with Crippen LogP contribution in [0.3, 0.4) is 0 Å². The third-order valence-corrected chi connectivity index (χ3v) is 22.1. The van der Waals surface area contributed by atoms with Crippen LogP contribution in [0, 0.1) is 133 Å². The van der Waals surface area contributed by atoms with E-state index in [0.717, 1.165) is 38.5 Å². The standard InChI is InChI=1S/C63H114O15.Ac/c1-22-44-30(8)29(7)38(16)58(67-44)73-51-32(10)39(17)59(68-45(51)23-2)74-52-33(11)40(18)60(69-46(52)24-3)75-53-34(12)41(19)61(70-47(53)25-4)76-54-35(13)42(20)62(71-48(54)26-5)77-55-36(14)43(21)63(72-49(55)27-6)78-56-31(9)37(15)57(65)66-50(56)28-64;/h29-65H,22-28H2,1-21H3;/t29-,30+,31?,32?,33?,34?,35?,36?,37?,38?,39+,40?,41?,42+,43+,44?,45?,46+,47+,48?,49?,50+,51+,52-,53-,54+,55+,56-,57?,58-,59-,60+,61+,62-,63-;/m0./s1. The van der Waals surface area contributed by atoms with Gasteiger partial charge in [0.2, 0.25) is 0 Å². The van der Waals surface area contributed by atoms with Crippen molar-refractivity contribution in [2.75, 3.05) is 6.61 Å². The van der Waals surface area contributed by atoms with Crippen molar-refractivity contribution in [2.45, 2.75) is 307 Å². The van der Waals surface area contributed by atoms with Gasteiger partial charge in [-0.15, -0.1) is 0 Å². The van der Waals surface area contributed by atoms with E-state index in [1.54, 1.807) is 0 Å². The Bertz CT molecular complexity index is 1790. The summed E-state index contributed by atoms with van der Waals surface area (Å²) < 4.78 is 89.2. The molecule has 0 aromatic heterocycles. The Hall–Kier alpha value is 0.842. The van der Waals surface area contributed by atoms with Crippen molar-refractivity contribution >= 4 is 0 Å². The molecule has 15 unspecified atom stereocenters. The van der Waals surface area contributed by atoms with E-state index >= 15 is 0 Å². The first-order valence-corrected chi connectivity index (χ1v) is 31.8. The number of aliphatic hydroxyl groups excluding tert-OH is 2. The summed E-state index contributed by atoms with van der Waals surface area (Å²) in [5.74, 6) is 1.95. The molecule has 2 N–H and O–H groups in total. The molecule has 7 saturated heterocycles. The van der Waals surface area contributed by atoms with E-state index < -0.39 is 43.7 Å². The maximum atomic E-state index is 10.5. The Kier molecular flexibility index (Phi) is 26.3. The van der Waals surface area contributed by atoms with Crippen LogP contribution in [0.4, 0.5) is 0 Å². The number of hydrogen-bond acceptors (Lipinski definition) is 15. The van der Waals surface area contributed by atoms with Gasteiger partial charge >= 0.3 is 0 Å². The van der Waals surface area contributed by atoms with E-state index in [-0.39, 0.29) is 201 Å². The molecule has 79 heavy (non-hydrogen) atoms. The molecule has 15 nitrogen and oxygen atoms in total. The van der Waals surface area contributed by atoms with E-state index in [0.29, 0.717) is 17.8 Å². The molecule has 0 saturated carbocycles. The summed E-state index contributed by atoms with van der Waals surface area (Å²) in [5, 5.41) is 20.7. The normalized spacial score (nSPS) is 52.8. The molecule has 35 atom stereocenters. The molecule has 7 aliphatic heterocycles. The van der Waals surface area contributed by atoms with Crippen LogP contribution < -0.4 is 0 Å². The SMILES string of the molecule is CCC1O[C@@H](O[C@H]2C(CC)O[C@@H](O[C@H]3C(C)C(C)C(O)O[C@@H]3CO)[C@H](C)C2C)[C@H](C)C(C)[C@H]1O[C@H]1O[C@H](CC)[C@@H](O[C@H]2O[C@H](CC)[C@@H](O[C@@H]3OC(CC)[C@H](O[C@@H]4OC(CC)[C@H](C)[C@H](C)C4C)C(C)[C@H]3C)C(C)C2C)C(C)C1C.[Ac]. The molecule has 7 fully saturated rings. The fourth-order valence-electron chi connectivity index (χ4n) is 14.5. The van der Waals surface area contributed by atoms with Gasteiger partial charge in [0.25, 0.3) is 0 Å². The Morgan fingerprint density at radius 1 is 0.253 bits per heavy atom. The zero-order chi connectivity index (χ0) is 57.3. The number of aliphatic hydroxyl groups is 2. The molecular formula is C63H114AcO15. The van der Waals surface area contributed by atoms with Crippen LogP contribution >= 0.6 is 0 Å². The van der Waals surface area contributed by atoms with E-state index in [4.69, 9.17) is 61.6 Å². The molecule has 0 bridgehead atoms. The van der Waals surface area contributed by atoms with Crippen LogP contribution in [-0.4, -0.2) is 140 Å². The number of ether oxygens (including phenoxy) is 13. The van der Waals surface area contributed by atoms with Crippen LogP contribution in [0.1, 0.15) is 184 Å². The van der Waals surface area contributed by atoms with Gasteiger partial charge in [0.05, 0.1) is 79.9 Å². The van der Waals surface area contributed by atoms with Crippen molar-refractivity contribution in [1.29, 1.82) is 0 Å². The van der Waals surface area contributed by atoms with Crippen molar-refractivity contribution in [2.24, 2.45) is 88.8 Å². The molecule has 0 spiro atoms. The second kappa shape index (κ2) is 30.2. The molecule has 0 aromatic carbocycles. The largest absolute Gasteiger partial charge is 0.394 e. The van der Waals surface area contributed by atoms with Gasteiger partial charge in [-0.3, -0.25) is 0 Å². The third kappa shape index (κ3) is 14.6. The smallest absolute Gasteiger partial charge is 0.161 e. The molecule has 459 valence electrons. The van der Waals surface area contributed by atoms with Gasteiger partial charge in [0.15, 0.2) is 44.0 Å². The Balaban J connectivity index is 0.0000101. The average molecular weight is 1340 g/mol. The first-order valence-electron chi connectivity index (χ1n) is 31.8. The van der Waals surface area contributed by atoms with Gasteiger partial charge in [-0.1, -0.05) is 145 Å². The summed E-state index contributed by atoms with van der Waals surface area (Å²) in [4.78, 5) is 0. The van der Waals surface area contributed by atoms with E-state index in [1.165, 1.54) is 0 Å².